The number of hydrogen-bond donors (Lipinski definition) is 2. The van der Waals surface area contributed by atoms with Gasteiger partial charge in [-0.1, -0.05) is 12.1 Å². The van der Waals surface area contributed by atoms with Crippen LogP contribution in [0.4, 0.5) is 5.69 Å². The summed E-state index contributed by atoms with van der Waals surface area (Å²) in [5.74, 6) is 5.54. The van der Waals surface area contributed by atoms with E-state index in [4.69, 9.17) is 11.6 Å². The van der Waals surface area contributed by atoms with Gasteiger partial charge in [0.25, 0.3) is 0 Å². The summed E-state index contributed by atoms with van der Waals surface area (Å²) >= 11 is 0. The van der Waals surface area contributed by atoms with Gasteiger partial charge in [0.2, 0.25) is 0 Å². The first-order valence-electron chi connectivity index (χ1n) is 3.69. The molecule has 1 aliphatic rings. The van der Waals surface area contributed by atoms with Gasteiger partial charge in [-0.15, -0.1) is 0 Å². The van der Waals surface area contributed by atoms with E-state index in [1.807, 2.05) is 24.4 Å². The van der Waals surface area contributed by atoms with Crippen molar-refractivity contribution in [2.24, 2.45) is 10.8 Å². The fourth-order valence-electron chi connectivity index (χ4n) is 1.24. The minimum Gasteiger partial charge on any atom is -0.397 e. The second-order valence-corrected chi connectivity index (χ2v) is 2.73. The Balaban J connectivity index is 2.78. The van der Waals surface area contributed by atoms with Gasteiger partial charge in [-0.25, -0.2) is 5.84 Å². The summed E-state index contributed by atoms with van der Waals surface area (Å²) in [6, 6.07) is 5.66. The zero-order valence-electron chi connectivity index (χ0n) is 6.57. The van der Waals surface area contributed by atoms with Crippen molar-refractivity contribution in [1.82, 2.24) is 5.01 Å². The molecule has 0 fully saturated rings. The van der Waals surface area contributed by atoms with Gasteiger partial charge in [0.15, 0.2) is 0 Å². The van der Waals surface area contributed by atoms with Crippen molar-refractivity contribution in [1.29, 1.82) is 0 Å². The van der Waals surface area contributed by atoms with E-state index in [1.165, 1.54) is 5.01 Å². The molecule has 12 heavy (non-hydrogen) atoms. The van der Waals surface area contributed by atoms with Crippen LogP contribution < -0.4 is 22.2 Å². The van der Waals surface area contributed by atoms with Crippen molar-refractivity contribution in [3.05, 3.63) is 28.8 Å². The van der Waals surface area contributed by atoms with E-state index in [9.17, 15) is 0 Å². The van der Waals surface area contributed by atoms with E-state index in [0.717, 1.165) is 10.6 Å². The Morgan fingerprint density at radius 3 is 3.08 bits per heavy atom. The highest BCUT2D eigenvalue weighted by molar-refractivity contribution is 5.40. The largest absolute Gasteiger partial charge is 0.397 e. The van der Waals surface area contributed by atoms with Crippen LogP contribution in [-0.2, 0) is 0 Å². The van der Waals surface area contributed by atoms with Crippen molar-refractivity contribution in [2.45, 2.75) is 0 Å². The maximum Gasteiger partial charge on any atom is 0.124 e. The van der Waals surface area contributed by atoms with Crippen molar-refractivity contribution in [3.8, 4) is 0 Å². The molecule has 0 bridgehead atoms. The maximum atomic E-state index is 5.71. The zero-order valence-corrected chi connectivity index (χ0v) is 6.57. The average Bonchev–Trinajstić information content (AvgIpc) is 2.04. The van der Waals surface area contributed by atoms with Crippen LogP contribution in [0.1, 0.15) is 0 Å². The molecule has 0 atom stereocenters. The number of hydrazine groups is 1. The van der Waals surface area contributed by atoms with Crippen LogP contribution in [0.2, 0.25) is 0 Å². The summed E-state index contributed by atoms with van der Waals surface area (Å²) in [5.41, 5.74) is 6.42. The third-order valence-electron chi connectivity index (χ3n) is 1.80. The molecular formula is C8H10N4. The lowest BCUT2D eigenvalue weighted by Gasteiger charge is -2.13. The standard InChI is InChI=1S/C8H10N4/c9-7-3-1-2-6-4-12(10)5-11-8(6)7/h1-4H,5,9-10H2. The predicted octanol–water partition coefficient (Wildman–Crippen LogP) is -1.23. The lowest BCUT2D eigenvalue weighted by atomic mass is 10.2. The van der Waals surface area contributed by atoms with E-state index in [0.29, 0.717) is 12.4 Å². The van der Waals surface area contributed by atoms with Crippen molar-refractivity contribution < 1.29 is 0 Å². The number of fused-ring (bicyclic) bond motifs is 1. The molecule has 0 saturated carbocycles. The Hall–Kier alpha value is -1.55. The molecule has 62 valence electrons. The van der Waals surface area contributed by atoms with E-state index < -0.39 is 0 Å². The molecule has 0 aliphatic carbocycles. The fraction of sp³-hybridized carbons (Fsp3) is 0.125. The van der Waals surface area contributed by atoms with Gasteiger partial charge in [-0.3, -0.25) is 10.0 Å². The van der Waals surface area contributed by atoms with Gasteiger partial charge in [0.05, 0.1) is 11.0 Å². The molecule has 0 radical (unpaired) electrons. The van der Waals surface area contributed by atoms with Gasteiger partial charge in [0, 0.05) is 11.4 Å². The van der Waals surface area contributed by atoms with Crippen LogP contribution >= 0.6 is 0 Å². The second-order valence-electron chi connectivity index (χ2n) is 2.73. The number of nitrogens with zero attached hydrogens (tertiary/aromatic N) is 2. The first-order chi connectivity index (χ1) is 5.77. The molecule has 0 saturated heterocycles. The van der Waals surface area contributed by atoms with Crippen LogP contribution in [-0.4, -0.2) is 11.7 Å². The third kappa shape index (κ3) is 1.02. The number of benzene rings is 1. The molecule has 1 heterocycles. The van der Waals surface area contributed by atoms with Crippen LogP contribution in [0.25, 0.3) is 6.20 Å². The monoisotopic (exact) mass is 162 g/mol. The van der Waals surface area contributed by atoms with Crippen molar-refractivity contribution >= 4 is 11.9 Å². The Bertz CT molecular complexity index is 410. The number of para-hydroxylation sites is 1. The summed E-state index contributed by atoms with van der Waals surface area (Å²) < 4.78 is 0. The Morgan fingerprint density at radius 2 is 2.25 bits per heavy atom. The topological polar surface area (TPSA) is 67.6 Å². The minimum absolute atomic E-state index is 0.473. The minimum atomic E-state index is 0.473. The smallest absolute Gasteiger partial charge is 0.124 e. The van der Waals surface area contributed by atoms with Gasteiger partial charge < -0.3 is 5.73 Å². The summed E-state index contributed by atoms with van der Waals surface area (Å²) in [7, 11) is 0. The normalized spacial score (nSPS) is 14.6. The molecule has 4 heteroatoms. The molecule has 0 aromatic heterocycles. The number of hydrogen-bond acceptors (Lipinski definition) is 4. The Kier molecular flexibility index (Phi) is 1.48. The molecule has 0 amide bonds. The highest BCUT2D eigenvalue weighted by Gasteiger charge is 1.99. The fourth-order valence-corrected chi connectivity index (χ4v) is 1.24. The van der Waals surface area contributed by atoms with Crippen LogP contribution in [0, 0.1) is 0 Å². The van der Waals surface area contributed by atoms with Crippen LogP contribution in [0.3, 0.4) is 0 Å². The summed E-state index contributed by atoms with van der Waals surface area (Å²) in [5, 5.41) is 3.35. The Labute approximate surface area is 69.8 Å². The van der Waals surface area contributed by atoms with Crippen molar-refractivity contribution in [2.75, 3.05) is 12.4 Å². The summed E-state index contributed by atoms with van der Waals surface area (Å²) in [6.07, 6.45) is 1.83. The van der Waals surface area contributed by atoms with E-state index in [1.54, 1.807) is 0 Å². The molecular weight excluding hydrogens is 152 g/mol. The summed E-state index contributed by atoms with van der Waals surface area (Å²) in [4.78, 5) is 4.22. The van der Waals surface area contributed by atoms with E-state index in [-0.39, 0.29) is 0 Å². The number of nitrogens with two attached hydrogens (primary N) is 2. The Morgan fingerprint density at radius 1 is 1.42 bits per heavy atom. The lowest BCUT2D eigenvalue weighted by molar-refractivity contribution is 0.434. The van der Waals surface area contributed by atoms with Crippen molar-refractivity contribution in [3.63, 3.8) is 0 Å². The second kappa shape index (κ2) is 2.49. The molecule has 0 spiro atoms. The molecule has 0 unspecified atom stereocenters. The zero-order chi connectivity index (χ0) is 8.55. The van der Waals surface area contributed by atoms with E-state index >= 15 is 0 Å². The molecule has 4 nitrogen and oxygen atoms in total. The summed E-state index contributed by atoms with van der Waals surface area (Å²) in [6.45, 7) is 0.473. The molecule has 1 aromatic rings. The van der Waals surface area contributed by atoms with E-state index in [2.05, 4.69) is 4.99 Å². The van der Waals surface area contributed by atoms with Crippen LogP contribution in [0.5, 0.6) is 0 Å². The lowest BCUT2D eigenvalue weighted by Crippen LogP contribution is -2.40. The number of rotatable bonds is 0. The maximum absolute atomic E-state index is 5.71. The van der Waals surface area contributed by atoms with Gasteiger partial charge in [-0.2, -0.15) is 0 Å². The number of anilines is 1. The van der Waals surface area contributed by atoms with Crippen LogP contribution in [0.15, 0.2) is 23.2 Å². The quantitative estimate of drug-likeness (QED) is 0.371. The molecule has 1 aliphatic heterocycles. The third-order valence-corrected chi connectivity index (χ3v) is 1.80. The highest BCUT2D eigenvalue weighted by Crippen LogP contribution is 1.91. The SMILES string of the molecule is Nc1cccc2c1=NCN(N)C=2. The molecule has 2 rings (SSSR count). The van der Waals surface area contributed by atoms with Gasteiger partial charge >= 0.3 is 0 Å². The highest BCUT2D eigenvalue weighted by atomic mass is 15.4. The average molecular weight is 162 g/mol. The number of nitrogen functional groups attached to an aromatic ring is 1. The first kappa shape index (κ1) is 7.12. The molecule has 4 N–H and O–H groups in total. The molecule has 1 aromatic carbocycles. The van der Waals surface area contributed by atoms with Gasteiger partial charge in [-0.05, 0) is 6.07 Å². The first-order valence-corrected chi connectivity index (χ1v) is 3.69. The van der Waals surface area contributed by atoms with Gasteiger partial charge in [0.1, 0.15) is 6.67 Å². The predicted molar refractivity (Wildman–Crippen MR) is 47.0 cm³/mol.